The Morgan fingerprint density at radius 2 is 1.90 bits per heavy atom. The van der Waals surface area contributed by atoms with Crippen LogP contribution in [0.4, 0.5) is 4.79 Å². The first-order valence-electron chi connectivity index (χ1n) is 6.05. The number of para-hydroxylation sites is 1. The number of aliphatic hydroxyl groups excluding tert-OH is 1. The Bertz CT molecular complexity index is 491. The fourth-order valence-electron chi connectivity index (χ4n) is 1.32. The predicted octanol–water partition coefficient (Wildman–Crippen LogP) is -0.575. The van der Waals surface area contributed by atoms with E-state index in [1.165, 1.54) is 7.11 Å². The van der Waals surface area contributed by atoms with E-state index in [0.29, 0.717) is 5.75 Å². The highest BCUT2D eigenvalue weighted by Crippen LogP contribution is 2.08. The van der Waals surface area contributed by atoms with Gasteiger partial charge in [-0.2, -0.15) is 0 Å². The molecule has 1 aromatic carbocycles. The molecular formula is C13H16N2O6. The van der Waals surface area contributed by atoms with Crippen LogP contribution in [0.25, 0.3) is 0 Å². The fourth-order valence-corrected chi connectivity index (χ4v) is 1.32. The second-order valence-corrected chi connectivity index (χ2v) is 3.88. The van der Waals surface area contributed by atoms with Crippen LogP contribution in [-0.4, -0.2) is 49.4 Å². The summed E-state index contributed by atoms with van der Waals surface area (Å²) in [6.07, 6.45) is -0.895. The van der Waals surface area contributed by atoms with Gasteiger partial charge in [0.2, 0.25) is 5.91 Å². The third-order valence-electron chi connectivity index (χ3n) is 2.38. The van der Waals surface area contributed by atoms with Crippen molar-refractivity contribution in [2.75, 3.05) is 20.3 Å². The number of hydrogen-bond acceptors (Lipinski definition) is 6. The average molecular weight is 296 g/mol. The minimum Gasteiger partial charge on any atom is -0.468 e. The highest BCUT2D eigenvalue weighted by molar-refractivity contribution is 5.88. The minimum atomic E-state index is -1.23. The molecule has 1 aromatic rings. The number of hydrogen-bond donors (Lipinski definition) is 3. The van der Waals surface area contributed by atoms with Crippen LogP contribution in [0, 0.1) is 0 Å². The second-order valence-electron chi connectivity index (χ2n) is 3.88. The summed E-state index contributed by atoms with van der Waals surface area (Å²) in [5, 5.41) is 13.5. The van der Waals surface area contributed by atoms with Crippen molar-refractivity contribution < 1.29 is 29.0 Å². The first-order chi connectivity index (χ1) is 10.1. The SMILES string of the molecule is COC(=O)CNC(=O)C(CO)NC(=O)Oc1ccccc1. The van der Waals surface area contributed by atoms with E-state index < -0.39 is 30.6 Å². The standard InChI is InChI=1S/C13H16N2O6/c1-20-11(17)7-14-12(18)10(8-16)15-13(19)21-9-5-3-2-4-6-9/h2-6,10,16H,7-8H2,1H3,(H,14,18)(H,15,19). The highest BCUT2D eigenvalue weighted by atomic mass is 16.6. The van der Waals surface area contributed by atoms with Crippen LogP contribution in [0.1, 0.15) is 0 Å². The molecule has 1 unspecified atom stereocenters. The average Bonchev–Trinajstić information content (AvgIpc) is 2.50. The second kappa shape index (κ2) is 8.54. The molecule has 21 heavy (non-hydrogen) atoms. The molecule has 0 radical (unpaired) electrons. The zero-order valence-electron chi connectivity index (χ0n) is 11.4. The molecule has 1 rings (SSSR count). The number of rotatable bonds is 6. The van der Waals surface area contributed by atoms with Crippen LogP contribution in [0.2, 0.25) is 0 Å². The third kappa shape index (κ3) is 5.91. The molecule has 0 heterocycles. The van der Waals surface area contributed by atoms with Gasteiger partial charge in [-0.15, -0.1) is 0 Å². The smallest absolute Gasteiger partial charge is 0.413 e. The molecule has 8 nitrogen and oxygen atoms in total. The largest absolute Gasteiger partial charge is 0.468 e. The van der Waals surface area contributed by atoms with Gasteiger partial charge < -0.3 is 25.2 Å². The van der Waals surface area contributed by atoms with Gasteiger partial charge in [0, 0.05) is 0 Å². The van der Waals surface area contributed by atoms with E-state index >= 15 is 0 Å². The van der Waals surface area contributed by atoms with Crippen molar-refractivity contribution in [1.82, 2.24) is 10.6 Å². The Labute approximate surface area is 121 Å². The Morgan fingerprint density at radius 1 is 1.24 bits per heavy atom. The lowest BCUT2D eigenvalue weighted by atomic mass is 10.3. The first kappa shape index (κ1) is 16.4. The van der Waals surface area contributed by atoms with Gasteiger partial charge in [0.15, 0.2) is 0 Å². The zero-order valence-corrected chi connectivity index (χ0v) is 11.4. The summed E-state index contributed by atoms with van der Waals surface area (Å²) in [5.41, 5.74) is 0. The molecule has 0 fully saturated rings. The molecule has 114 valence electrons. The van der Waals surface area contributed by atoms with E-state index in [1.807, 2.05) is 0 Å². The van der Waals surface area contributed by atoms with E-state index in [0.717, 1.165) is 0 Å². The molecule has 0 aliphatic heterocycles. The van der Waals surface area contributed by atoms with Gasteiger partial charge in [-0.25, -0.2) is 4.79 Å². The lowest BCUT2D eigenvalue weighted by Crippen LogP contribution is -2.50. The molecule has 8 heteroatoms. The molecule has 0 bridgehead atoms. The van der Waals surface area contributed by atoms with E-state index in [-0.39, 0.29) is 6.54 Å². The van der Waals surface area contributed by atoms with Gasteiger partial charge in [-0.05, 0) is 12.1 Å². The summed E-state index contributed by atoms with van der Waals surface area (Å²) in [7, 11) is 1.17. The predicted molar refractivity (Wildman–Crippen MR) is 71.5 cm³/mol. The number of benzene rings is 1. The van der Waals surface area contributed by atoms with Crippen molar-refractivity contribution in [2.24, 2.45) is 0 Å². The maximum atomic E-state index is 11.6. The summed E-state index contributed by atoms with van der Waals surface area (Å²) in [5.74, 6) is -1.08. The molecule has 0 spiro atoms. The number of esters is 1. The summed E-state index contributed by atoms with van der Waals surface area (Å²) in [6, 6.07) is 6.99. The van der Waals surface area contributed by atoms with Crippen molar-refractivity contribution in [3.63, 3.8) is 0 Å². The monoisotopic (exact) mass is 296 g/mol. The Morgan fingerprint density at radius 3 is 2.48 bits per heavy atom. The number of aliphatic hydroxyl groups is 1. The Kier molecular flexibility index (Phi) is 6.69. The lowest BCUT2D eigenvalue weighted by molar-refractivity contribution is -0.141. The quantitative estimate of drug-likeness (QED) is 0.605. The third-order valence-corrected chi connectivity index (χ3v) is 2.38. The Balaban J connectivity index is 2.47. The van der Waals surface area contributed by atoms with Crippen molar-refractivity contribution in [2.45, 2.75) is 6.04 Å². The lowest BCUT2D eigenvalue weighted by Gasteiger charge is -2.15. The topological polar surface area (TPSA) is 114 Å². The van der Waals surface area contributed by atoms with Crippen LogP contribution < -0.4 is 15.4 Å². The van der Waals surface area contributed by atoms with Gasteiger partial charge in [0.1, 0.15) is 18.3 Å². The summed E-state index contributed by atoms with van der Waals surface area (Å²) < 4.78 is 9.26. The molecule has 0 saturated heterocycles. The van der Waals surface area contributed by atoms with E-state index in [9.17, 15) is 14.4 Å². The number of carbonyl (C=O) groups is 3. The summed E-state index contributed by atoms with van der Waals surface area (Å²) >= 11 is 0. The maximum Gasteiger partial charge on any atom is 0.413 e. The van der Waals surface area contributed by atoms with Crippen molar-refractivity contribution in [3.05, 3.63) is 30.3 Å². The molecule has 0 saturated carbocycles. The molecule has 3 N–H and O–H groups in total. The van der Waals surface area contributed by atoms with Crippen molar-refractivity contribution in [1.29, 1.82) is 0 Å². The van der Waals surface area contributed by atoms with Gasteiger partial charge in [-0.1, -0.05) is 18.2 Å². The summed E-state index contributed by atoms with van der Waals surface area (Å²) in [4.78, 5) is 34.1. The van der Waals surface area contributed by atoms with E-state index in [1.54, 1.807) is 30.3 Å². The molecule has 1 atom stereocenters. The zero-order chi connectivity index (χ0) is 15.7. The molecule has 2 amide bonds. The number of carbonyl (C=O) groups excluding carboxylic acids is 3. The normalized spacial score (nSPS) is 11.1. The van der Waals surface area contributed by atoms with Gasteiger partial charge in [0.05, 0.1) is 13.7 Å². The molecule has 0 aromatic heterocycles. The highest BCUT2D eigenvalue weighted by Gasteiger charge is 2.21. The van der Waals surface area contributed by atoms with E-state index in [4.69, 9.17) is 9.84 Å². The number of nitrogens with one attached hydrogen (secondary N) is 2. The van der Waals surface area contributed by atoms with E-state index in [2.05, 4.69) is 15.4 Å². The Hall–Kier alpha value is -2.61. The van der Waals surface area contributed by atoms with Crippen LogP contribution in [0.15, 0.2) is 30.3 Å². The molecular weight excluding hydrogens is 280 g/mol. The van der Waals surface area contributed by atoms with Crippen LogP contribution >= 0.6 is 0 Å². The van der Waals surface area contributed by atoms with Crippen LogP contribution in [0.3, 0.4) is 0 Å². The van der Waals surface area contributed by atoms with Crippen LogP contribution in [0.5, 0.6) is 5.75 Å². The van der Waals surface area contributed by atoms with Gasteiger partial charge in [-0.3, -0.25) is 9.59 Å². The van der Waals surface area contributed by atoms with Gasteiger partial charge >= 0.3 is 12.1 Å². The first-order valence-corrected chi connectivity index (χ1v) is 6.05. The molecule has 0 aliphatic carbocycles. The van der Waals surface area contributed by atoms with Crippen LogP contribution in [-0.2, 0) is 14.3 Å². The van der Waals surface area contributed by atoms with Crippen molar-refractivity contribution >= 4 is 18.0 Å². The minimum absolute atomic E-state index is 0.293. The van der Waals surface area contributed by atoms with Gasteiger partial charge in [0.25, 0.3) is 0 Å². The number of amides is 2. The number of ether oxygens (including phenoxy) is 2. The molecule has 0 aliphatic rings. The number of methoxy groups -OCH3 is 1. The summed E-state index contributed by atoms with van der Waals surface area (Å²) in [6.45, 7) is -1.00. The fraction of sp³-hybridized carbons (Fsp3) is 0.308. The maximum absolute atomic E-state index is 11.6. The van der Waals surface area contributed by atoms with Crippen molar-refractivity contribution in [3.8, 4) is 5.75 Å².